The molecule has 1 unspecified atom stereocenters. The second kappa shape index (κ2) is 8.74. The number of pyridine rings is 1. The van der Waals surface area contributed by atoms with Gasteiger partial charge in [-0.15, -0.1) is 0 Å². The smallest absolute Gasteiger partial charge is 0.289 e. The van der Waals surface area contributed by atoms with Gasteiger partial charge in [0.15, 0.2) is 5.76 Å². The molecule has 2 aliphatic heterocycles. The zero-order valence-electron chi connectivity index (χ0n) is 17.0. The Balaban J connectivity index is 1.55. The van der Waals surface area contributed by atoms with Gasteiger partial charge in [0, 0.05) is 56.9 Å². The summed E-state index contributed by atoms with van der Waals surface area (Å²) in [5.74, 6) is 0.117. The molecular formula is C21H26N4O5. The number of nitrogens with one attached hydrogen (secondary N) is 2. The molecule has 0 saturated carbocycles. The topological polar surface area (TPSA) is 106 Å². The molecule has 2 N–H and O–H groups in total. The molecule has 9 nitrogen and oxygen atoms in total. The molecule has 1 fully saturated rings. The number of nitrogens with zero attached hydrogens (tertiary/aromatic N) is 2. The summed E-state index contributed by atoms with van der Waals surface area (Å²) in [6.45, 7) is 2.89. The Kier molecular flexibility index (Phi) is 5.89. The van der Waals surface area contributed by atoms with Crippen molar-refractivity contribution >= 4 is 11.8 Å². The number of rotatable bonds is 4. The van der Waals surface area contributed by atoms with Gasteiger partial charge in [0.1, 0.15) is 11.3 Å². The SMILES string of the molecule is COc1cc(=O)n2c(c1C(=O)NC1CCCN(C(=O)c3ccco3)C1)CCNCC2. The lowest BCUT2D eigenvalue weighted by atomic mass is 10.0. The van der Waals surface area contributed by atoms with E-state index in [-0.39, 0.29) is 29.2 Å². The van der Waals surface area contributed by atoms with Crippen molar-refractivity contribution in [2.24, 2.45) is 0 Å². The summed E-state index contributed by atoms with van der Waals surface area (Å²) in [6.07, 6.45) is 3.58. The van der Waals surface area contributed by atoms with Gasteiger partial charge in [0.25, 0.3) is 17.4 Å². The number of furan rings is 1. The highest BCUT2D eigenvalue weighted by molar-refractivity contribution is 5.98. The third-order valence-electron chi connectivity index (χ3n) is 5.65. The van der Waals surface area contributed by atoms with Crippen LogP contribution in [0, 0.1) is 0 Å². The Morgan fingerprint density at radius 2 is 2.17 bits per heavy atom. The van der Waals surface area contributed by atoms with Crippen molar-refractivity contribution < 1.29 is 18.7 Å². The van der Waals surface area contributed by atoms with Crippen LogP contribution >= 0.6 is 0 Å². The predicted molar refractivity (Wildman–Crippen MR) is 109 cm³/mol. The van der Waals surface area contributed by atoms with Gasteiger partial charge in [-0.1, -0.05) is 0 Å². The fourth-order valence-corrected chi connectivity index (χ4v) is 4.20. The number of methoxy groups -OCH3 is 1. The molecule has 0 spiro atoms. The van der Waals surface area contributed by atoms with Crippen LogP contribution in [0.2, 0.25) is 0 Å². The van der Waals surface area contributed by atoms with Crippen molar-refractivity contribution in [2.75, 3.05) is 33.3 Å². The van der Waals surface area contributed by atoms with E-state index in [0.29, 0.717) is 56.2 Å². The van der Waals surface area contributed by atoms with E-state index in [4.69, 9.17) is 9.15 Å². The molecule has 30 heavy (non-hydrogen) atoms. The number of ether oxygens (including phenoxy) is 1. The first-order valence-electron chi connectivity index (χ1n) is 10.2. The van der Waals surface area contributed by atoms with Gasteiger partial charge in [-0.25, -0.2) is 0 Å². The van der Waals surface area contributed by atoms with Crippen LogP contribution in [0.3, 0.4) is 0 Å². The van der Waals surface area contributed by atoms with E-state index in [1.807, 2.05) is 0 Å². The summed E-state index contributed by atoms with van der Waals surface area (Å²) in [6, 6.07) is 4.50. The van der Waals surface area contributed by atoms with Crippen molar-refractivity contribution in [3.8, 4) is 5.75 Å². The van der Waals surface area contributed by atoms with Crippen LogP contribution in [0.5, 0.6) is 5.75 Å². The zero-order chi connectivity index (χ0) is 21.1. The maximum absolute atomic E-state index is 13.2. The first kappa shape index (κ1) is 20.2. The first-order chi connectivity index (χ1) is 14.6. The summed E-state index contributed by atoms with van der Waals surface area (Å²) >= 11 is 0. The summed E-state index contributed by atoms with van der Waals surface area (Å²) in [5, 5.41) is 6.30. The van der Waals surface area contributed by atoms with E-state index in [9.17, 15) is 14.4 Å². The monoisotopic (exact) mass is 414 g/mol. The van der Waals surface area contributed by atoms with Gasteiger partial charge in [-0.05, 0) is 25.0 Å². The third kappa shape index (κ3) is 3.97. The number of hydrogen-bond acceptors (Lipinski definition) is 6. The molecule has 2 aliphatic rings. The summed E-state index contributed by atoms with van der Waals surface area (Å²) in [5.41, 5.74) is 0.909. The second-order valence-electron chi connectivity index (χ2n) is 7.57. The van der Waals surface area contributed by atoms with Crippen LogP contribution in [0.15, 0.2) is 33.7 Å². The largest absolute Gasteiger partial charge is 0.496 e. The van der Waals surface area contributed by atoms with E-state index in [0.717, 1.165) is 12.8 Å². The molecule has 0 bridgehead atoms. The number of carbonyl (C=O) groups excluding carboxylic acids is 2. The molecule has 0 radical (unpaired) electrons. The maximum atomic E-state index is 13.2. The number of carbonyl (C=O) groups is 2. The van der Waals surface area contributed by atoms with Crippen LogP contribution in [0.4, 0.5) is 0 Å². The predicted octanol–water partition coefficient (Wildman–Crippen LogP) is 0.630. The Morgan fingerprint density at radius 3 is 2.93 bits per heavy atom. The molecule has 2 aromatic heterocycles. The summed E-state index contributed by atoms with van der Waals surface area (Å²) in [4.78, 5) is 40.0. The third-order valence-corrected chi connectivity index (χ3v) is 5.65. The standard InChI is InChI=1S/C21H26N4O5/c1-29-17-12-18(26)25-10-8-22-7-6-15(25)19(17)20(27)23-14-4-2-9-24(13-14)21(28)16-5-3-11-30-16/h3,5,11-12,14,22H,2,4,6-10,13H2,1H3,(H,23,27). The van der Waals surface area contributed by atoms with Crippen LogP contribution < -0.4 is 20.9 Å². The quantitative estimate of drug-likeness (QED) is 0.760. The number of aromatic nitrogens is 1. The molecule has 0 aliphatic carbocycles. The minimum Gasteiger partial charge on any atom is -0.496 e. The van der Waals surface area contributed by atoms with E-state index in [1.54, 1.807) is 21.6 Å². The van der Waals surface area contributed by atoms with Gasteiger partial charge in [0.2, 0.25) is 0 Å². The second-order valence-corrected chi connectivity index (χ2v) is 7.57. The average Bonchev–Trinajstić information content (AvgIpc) is 3.18. The number of piperidine rings is 1. The lowest BCUT2D eigenvalue weighted by molar-refractivity contribution is 0.0646. The molecule has 0 aromatic carbocycles. The number of hydrogen-bond donors (Lipinski definition) is 2. The molecule has 1 saturated heterocycles. The number of amides is 2. The summed E-state index contributed by atoms with van der Waals surface area (Å²) in [7, 11) is 1.46. The van der Waals surface area contributed by atoms with Crippen molar-refractivity contribution in [1.29, 1.82) is 0 Å². The Bertz CT molecular complexity index is 982. The summed E-state index contributed by atoms with van der Waals surface area (Å²) < 4.78 is 12.2. The normalized spacial score (nSPS) is 19.0. The van der Waals surface area contributed by atoms with Crippen LogP contribution in [-0.4, -0.2) is 60.6 Å². The molecular weight excluding hydrogens is 388 g/mol. The van der Waals surface area contributed by atoms with Crippen LogP contribution in [-0.2, 0) is 13.0 Å². The molecule has 1 atom stereocenters. The Labute approximate surface area is 174 Å². The first-order valence-corrected chi connectivity index (χ1v) is 10.2. The van der Waals surface area contributed by atoms with Crippen molar-refractivity contribution in [3.05, 3.63) is 51.8 Å². The molecule has 2 amide bonds. The highest BCUT2D eigenvalue weighted by atomic mass is 16.5. The van der Waals surface area contributed by atoms with Gasteiger partial charge < -0.3 is 29.3 Å². The minimum absolute atomic E-state index is 0.171. The minimum atomic E-state index is -0.283. The van der Waals surface area contributed by atoms with Crippen molar-refractivity contribution in [2.45, 2.75) is 31.8 Å². The highest BCUT2D eigenvalue weighted by Crippen LogP contribution is 2.23. The van der Waals surface area contributed by atoms with Crippen LogP contribution in [0.1, 0.15) is 39.4 Å². The average molecular weight is 414 g/mol. The maximum Gasteiger partial charge on any atom is 0.289 e. The Hall–Kier alpha value is -3.07. The zero-order valence-corrected chi connectivity index (χ0v) is 17.0. The number of fused-ring (bicyclic) bond motifs is 1. The fraction of sp³-hybridized carbons (Fsp3) is 0.476. The Morgan fingerprint density at radius 1 is 1.30 bits per heavy atom. The van der Waals surface area contributed by atoms with Crippen LogP contribution in [0.25, 0.3) is 0 Å². The van der Waals surface area contributed by atoms with Gasteiger partial charge in [0.05, 0.1) is 13.4 Å². The van der Waals surface area contributed by atoms with E-state index in [1.165, 1.54) is 19.4 Å². The van der Waals surface area contributed by atoms with Gasteiger partial charge in [-0.3, -0.25) is 14.4 Å². The molecule has 4 heterocycles. The van der Waals surface area contributed by atoms with Gasteiger partial charge >= 0.3 is 0 Å². The lowest BCUT2D eigenvalue weighted by Crippen LogP contribution is -2.50. The molecule has 9 heteroatoms. The van der Waals surface area contributed by atoms with Crippen molar-refractivity contribution in [3.63, 3.8) is 0 Å². The lowest BCUT2D eigenvalue weighted by Gasteiger charge is -2.33. The molecule has 160 valence electrons. The fourth-order valence-electron chi connectivity index (χ4n) is 4.20. The molecule has 2 aromatic rings. The molecule has 4 rings (SSSR count). The van der Waals surface area contributed by atoms with Crippen molar-refractivity contribution in [1.82, 2.24) is 20.1 Å². The highest BCUT2D eigenvalue weighted by Gasteiger charge is 2.29. The number of likely N-dealkylation sites (tertiary alicyclic amines) is 1. The van der Waals surface area contributed by atoms with Gasteiger partial charge in [-0.2, -0.15) is 0 Å². The van der Waals surface area contributed by atoms with E-state index >= 15 is 0 Å². The van der Waals surface area contributed by atoms with E-state index < -0.39 is 0 Å². The van der Waals surface area contributed by atoms with E-state index in [2.05, 4.69) is 10.6 Å².